The zero-order valence-electron chi connectivity index (χ0n) is 17.1. The fraction of sp³-hybridized carbons (Fsp3) is 0.125. The standard InChI is InChI=1S/C24H21N3O4/c1-15-5-3-4-6-19(15)24-27-26-23(31-24)18-10-8-17(9-11-18)22(29)25-14-16-7-12-20(28)21(13-16)30-2/h3-13,28H,14H2,1-2H3,(H,25,29). The van der Waals surface area contributed by atoms with Crippen LogP contribution in [0.2, 0.25) is 0 Å². The van der Waals surface area contributed by atoms with Crippen molar-refractivity contribution in [2.75, 3.05) is 7.11 Å². The van der Waals surface area contributed by atoms with E-state index in [1.807, 2.05) is 31.2 Å². The Bertz CT molecular complexity index is 1220. The number of amides is 1. The minimum Gasteiger partial charge on any atom is -0.504 e. The summed E-state index contributed by atoms with van der Waals surface area (Å²) in [7, 11) is 1.48. The van der Waals surface area contributed by atoms with Crippen LogP contribution < -0.4 is 10.1 Å². The summed E-state index contributed by atoms with van der Waals surface area (Å²) in [6, 6.07) is 19.7. The second-order valence-corrected chi connectivity index (χ2v) is 6.99. The van der Waals surface area contributed by atoms with Crippen LogP contribution in [0.15, 0.2) is 71.1 Å². The Labute approximate surface area is 179 Å². The molecule has 7 heteroatoms. The van der Waals surface area contributed by atoms with E-state index in [0.717, 1.165) is 22.3 Å². The molecule has 31 heavy (non-hydrogen) atoms. The van der Waals surface area contributed by atoms with Crippen LogP contribution in [-0.2, 0) is 6.54 Å². The number of phenols is 1. The lowest BCUT2D eigenvalue weighted by Gasteiger charge is -2.08. The summed E-state index contributed by atoms with van der Waals surface area (Å²) in [5, 5.41) is 20.8. The van der Waals surface area contributed by atoms with Crippen molar-refractivity contribution in [2.24, 2.45) is 0 Å². The molecular formula is C24H21N3O4. The van der Waals surface area contributed by atoms with E-state index in [0.29, 0.717) is 29.6 Å². The molecule has 4 aromatic rings. The van der Waals surface area contributed by atoms with Crippen LogP contribution in [0.25, 0.3) is 22.9 Å². The predicted molar refractivity (Wildman–Crippen MR) is 116 cm³/mol. The molecule has 0 bridgehead atoms. The maximum Gasteiger partial charge on any atom is 0.251 e. The first kappa shape index (κ1) is 20.2. The van der Waals surface area contributed by atoms with Crippen LogP contribution in [-0.4, -0.2) is 28.3 Å². The van der Waals surface area contributed by atoms with Gasteiger partial charge in [0.2, 0.25) is 11.8 Å². The summed E-state index contributed by atoms with van der Waals surface area (Å²) in [6.07, 6.45) is 0. The lowest BCUT2D eigenvalue weighted by atomic mass is 10.1. The number of carbonyl (C=O) groups excluding carboxylic acids is 1. The molecule has 0 radical (unpaired) electrons. The molecule has 0 saturated carbocycles. The monoisotopic (exact) mass is 415 g/mol. The number of phenolic OH excluding ortho intramolecular Hbond substituents is 1. The van der Waals surface area contributed by atoms with Crippen molar-refractivity contribution in [3.63, 3.8) is 0 Å². The van der Waals surface area contributed by atoms with E-state index in [1.165, 1.54) is 13.2 Å². The molecule has 0 aliphatic carbocycles. The van der Waals surface area contributed by atoms with Gasteiger partial charge < -0.3 is 19.6 Å². The average Bonchev–Trinajstić information content (AvgIpc) is 3.29. The van der Waals surface area contributed by atoms with Crippen LogP contribution in [0.5, 0.6) is 11.5 Å². The predicted octanol–water partition coefficient (Wildman–Crippen LogP) is 4.36. The van der Waals surface area contributed by atoms with Gasteiger partial charge in [-0.2, -0.15) is 0 Å². The average molecular weight is 415 g/mol. The van der Waals surface area contributed by atoms with E-state index < -0.39 is 0 Å². The van der Waals surface area contributed by atoms with E-state index >= 15 is 0 Å². The molecule has 1 amide bonds. The Kier molecular flexibility index (Phi) is 5.66. The summed E-state index contributed by atoms with van der Waals surface area (Å²) < 4.78 is 10.9. The van der Waals surface area contributed by atoms with Gasteiger partial charge in [0.15, 0.2) is 11.5 Å². The number of nitrogens with one attached hydrogen (secondary N) is 1. The van der Waals surface area contributed by atoms with E-state index in [4.69, 9.17) is 9.15 Å². The minimum absolute atomic E-state index is 0.0553. The van der Waals surface area contributed by atoms with Gasteiger partial charge in [-0.3, -0.25) is 4.79 Å². The number of aromatic nitrogens is 2. The van der Waals surface area contributed by atoms with Gasteiger partial charge in [-0.05, 0) is 60.5 Å². The summed E-state index contributed by atoms with van der Waals surface area (Å²) in [5.41, 5.74) is 3.99. The highest BCUT2D eigenvalue weighted by molar-refractivity contribution is 5.94. The number of hydrogen-bond acceptors (Lipinski definition) is 6. The van der Waals surface area contributed by atoms with Crippen molar-refractivity contribution in [3.8, 4) is 34.4 Å². The first-order chi connectivity index (χ1) is 15.0. The molecular weight excluding hydrogens is 394 g/mol. The van der Waals surface area contributed by atoms with Gasteiger partial charge in [-0.1, -0.05) is 24.3 Å². The Morgan fingerprint density at radius 3 is 2.52 bits per heavy atom. The second kappa shape index (κ2) is 8.71. The van der Waals surface area contributed by atoms with Crippen molar-refractivity contribution in [1.29, 1.82) is 0 Å². The van der Waals surface area contributed by atoms with Crippen LogP contribution in [0.1, 0.15) is 21.5 Å². The maximum atomic E-state index is 12.5. The molecule has 1 heterocycles. The Morgan fingerprint density at radius 1 is 1.03 bits per heavy atom. The number of methoxy groups -OCH3 is 1. The van der Waals surface area contributed by atoms with E-state index in [9.17, 15) is 9.90 Å². The first-order valence-electron chi connectivity index (χ1n) is 9.69. The molecule has 0 aliphatic rings. The molecule has 0 spiro atoms. The Hall–Kier alpha value is -4.13. The first-order valence-corrected chi connectivity index (χ1v) is 9.69. The topological polar surface area (TPSA) is 97.5 Å². The number of ether oxygens (including phenoxy) is 1. The summed E-state index contributed by atoms with van der Waals surface area (Å²) >= 11 is 0. The highest BCUT2D eigenvalue weighted by Gasteiger charge is 2.13. The van der Waals surface area contributed by atoms with E-state index in [1.54, 1.807) is 36.4 Å². The molecule has 0 unspecified atom stereocenters. The number of benzene rings is 3. The van der Waals surface area contributed by atoms with E-state index in [2.05, 4.69) is 15.5 Å². The number of hydrogen-bond donors (Lipinski definition) is 2. The molecule has 3 aromatic carbocycles. The van der Waals surface area contributed by atoms with Crippen molar-refractivity contribution in [3.05, 3.63) is 83.4 Å². The van der Waals surface area contributed by atoms with Crippen molar-refractivity contribution in [1.82, 2.24) is 15.5 Å². The smallest absolute Gasteiger partial charge is 0.251 e. The summed E-state index contributed by atoms with van der Waals surface area (Å²) in [4.78, 5) is 12.5. The molecule has 4 rings (SSSR count). The largest absolute Gasteiger partial charge is 0.504 e. The van der Waals surface area contributed by atoms with Gasteiger partial charge in [0.1, 0.15) is 0 Å². The fourth-order valence-electron chi connectivity index (χ4n) is 3.14. The Balaban J connectivity index is 1.43. The highest BCUT2D eigenvalue weighted by Crippen LogP contribution is 2.27. The lowest BCUT2D eigenvalue weighted by molar-refractivity contribution is 0.0951. The molecule has 156 valence electrons. The highest BCUT2D eigenvalue weighted by atomic mass is 16.5. The second-order valence-electron chi connectivity index (χ2n) is 6.99. The van der Waals surface area contributed by atoms with Gasteiger partial charge in [0, 0.05) is 23.2 Å². The molecule has 0 atom stereocenters. The molecule has 7 nitrogen and oxygen atoms in total. The maximum absolute atomic E-state index is 12.5. The van der Waals surface area contributed by atoms with Gasteiger partial charge in [-0.25, -0.2) is 0 Å². The van der Waals surface area contributed by atoms with Crippen LogP contribution in [0, 0.1) is 6.92 Å². The third-order valence-corrected chi connectivity index (χ3v) is 4.89. The quantitative estimate of drug-likeness (QED) is 0.486. The fourth-order valence-corrected chi connectivity index (χ4v) is 3.14. The van der Waals surface area contributed by atoms with Gasteiger partial charge in [0.25, 0.3) is 5.91 Å². The zero-order chi connectivity index (χ0) is 21.8. The summed E-state index contributed by atoms with van der Waals surface area (Å²) in [5.74, 6) is 1.05. The zero-order valence-corrected chi connectivity index (χ0v) is 17.1. The van der Waals surface area contributed by atoms with Crippen molar-refractivity contribution >= 4 is 5.91 Å². The Morgan fingerprint density at radius 2 is 1.77 bits per heavy atom. The molecule has 0 fully saturated rings. The normalized spacial score (nSPS) is 10.6. The van der Waals surface area contributed by atoms with Crippen molar-refractivity contribution < 1.29 is 19.1 Å². The van der Waals surface area contributed by atoms with E-state index in [-0.39, 0.29) is 11.7 Å². The lowest BCUT2D eigenvalue weighted by Crippen LogP contribution is -2.22. The number of carbonyl (C=O) groups is 1. The molecule has 1 aromatic heterocycles. The van der Waals surface area contributed by atoms with Gasteiger partial charge in [-0.15, -0.1) is 10.2 Å². The molecule has 2 N–H and O–H groups in total. The molecule has 0 saturated heterocycles. The third kappa shape index (κ3) is 4.40. The van der Waals surface area contributed by atoms with Crippen molar-refractivity contribution in [2.45, 2.75) is 13.5 Å². The van der Waals surface area contributed by atoms with Gasteiger partial charge in [0.05, 0.1) is 7.11 Å². The van der Waals surface area contributed by atoms with Crippen LogP contribution in [0.3, 0.4) is 0 Å². The summed E-state index contributed by atoms with van der Waals surface area (Å²) in [6.45, 7) is 2.29. The number of aromatic hydroxyl groups is 1. The third-order valence-electron chi connectivity index (χ3n) is 4.89. The van der Waals surface area contributed by atoms with Gasteiger partial charge >= 0.3 is 0 Å². The minimum atomic E-state index is -0.218. The molecule has 0 aliphatic heterocycles. The van der Waals surface area contributed by atoms with Crippen LogP contribution in [0.4, 0.5) is 0 Å². The number of nitrogens with zero attached hydrogens (tertiary/aromatic N) is 2. The van der Waals surface area contributed by atoms with Crippen LogP contribution >= 0.6 is 0 Å². The number of rotatable bonds is 6. The number of aryl methyl sites for hydroxylation is 1. The SMILES string of the molecule is COc1cc(CNC(=O)c2ccc(-c3nnc(-c4ccccc4C)o3)cc2)ccc1O.